The van der Waals surface area contributed by atoms with Crippen LogP contribution in [0.2, 0.25) is 0 Å². The Morgan fingerprint density at radius 3 is 1.67 bits per heavy atom. The topological polar surface area (TPSA) is 0 Å². The van der Waals surface area contributed by atoms with Gasteiger partial charge in [-0.25, -0.2) is 0 Å². The first-order valence-electron chi connectivity index (χ1n) is 6.74. The predicted octanol–water partition coefficient (Wildman–Crippen LogP) is 5.69. The first kappa shape index (κ1) is 17.1. The van der Waals surface area contributed by atoms with E-state index < -0.39 is 0 Å². The standard InChI is InChI=1S/C7H12.C6H14.C2H6/c1-2-7-5-3-4-6-7;1-5(2)6(3)4;1-2/h3,5,7H,2,4,6H2,1H3;5-6H,1-4H3;1-2H3. The minimum Gasteiger partial charge on any atom is -0.0882 e. The molecule has 1 unspecified atom stereocenters. The summed E-state index contributed by atoms with van der Waals surface area (Å²) in [5, 5.41) is 0. The maximum atomic E-state index is 2.33. The number of hydrogen-bond donors (Lipinski definition) is 0. The normalized spacial score (nSPS) is 18.3. The van der Waals surface area contributed by atoms with Gasteiger partial charge in [0.2, 0.25) is 0 Å². The molecule has 1 atom stereocenters. The highest BCUT2D eigenvalue weighted by Crippen LogP contribution is 2.18. The lowest BCUT2D eigenvalue weighted by molar-refractivity contribution is 0.457. The largest absolute Gasteiger partial charge is 0.0882 e. The molecule has 0 aromatic heterocycles. The van der Waals surface area contributed by atoms with E-state index >= 15 is 0 Å². The van der Waals surface area contributed by atoms with Gasteiger partial charge in [-0.15, -0.1) is 0 Å². The van der Waals surface area contributed by atoms with E-state index in [2.05, 4.69) is 46.8 Å². The molecule has 0 radical (unpaired) electrons. The highest BCUT2D eigenvalue weighted by molar-refractivity contribution is 4.95. The first-order valence-corrected chi connectivity index (χ1v) is 6.74. The second-order valence-electron chi connectivity index (χ2n) is 4.66. The van der Waals surface area contributed by atoms with E-state index in [-0.39, 0.29) is 0 Å². The molecule has 0 fully saturated rings. The molecule has 0 heterocycles. The van der Waals surface area contributed by atoms with Crippen LogP contribution in [0, 0.1) is 17.8 Å². The van der Waals surface area contributed by atoms with Gasteiger partial charge in [-0.3, -0.25) is 0 Å². The van der Waals surface area contributed by atoms with E-state index in [4.69, 9.17) is 0 Å². The first-order chi connectivity index (χ1) is 7.07. The molecule has 1 aliphatic carbocycles. The quantitative estimate of drug-likeness (QED) is 0.516. The molecule has 1 aliphatic rings. The molecule has 0 nitrogen and oxygen atoms in total. The average Bonchev–Trinajstić information content (AvgIpc) is 2.74. The van der Waals surface area contributed by atoms with Crippen LogP contribution >= 0.6 is 0 Å². The number of hydrogen-bond acceptors (Lipinski definition) is 0. The van der Waals surface area contributed by atoms with Crippen molar-refractivity contribution in [2.24, 2.45) is 17.8 Å². The molecular weight excluding hydrogens is 180 g/mol. The molecule has 92 valence electrons. The van der Waals surface area contributed by atoms with Crippen LogP contribution in [0.3, 0.4) is 0 Å². The Kier molecular flexibility index (Phi) is 13.5. The maximum absolute atomic E-state index is 2.33. The van der Waals surface area contributed by atoms with Crippen LogP contribution in [0.1, 0.15) is 67.7 Å². The molecular formula is C15H32. The lowest BCUT2D eigenvalue weighted by Gasteiger charge is -2.05. The molecule has 0 amide bonds. The van der Waals surface area contributed by atoms with Gasteiger partial charge in [-0.1, -0.05) is 60.6 Å². The number of rotatable bonds is 2. The van der Waals surface area contributed by atoms with Gasteiger partial charge < -0.3 is 0 Å². The van der Waals surface area contributed by atoms with Crippen LogP contribution in [-0.4, -0.2) is 0 Å². The number of allylic oxidation sites excluding steroid dienone is 2. The summed E-state index contributed by atoms with van der Waals surface area (Å²) in [6, 6.07) is 0. The van der Waals surface area contributed by atoms with Crippen LogP contribution in [0.25, 0.3) is 0 Å². The molecule has 0 spiro atoms. The molecule has 0 aliphatic heterocycles. The van der Waals surface area contributed by atoms with Crippen molar-refractivity contribution in [2.75, 3.05) is 0 Å². The lowest BCUT2D eigenvalue weighted by Crippen LogP contribution is -1.95. The summed E-state index contributed by atoms with van der Waals surface area (Å²) >= 11 is 0. The van der Waals surface area contributed by atoms with Gasteiger partial charge in [0.15, 0.2) is 0 Å². The van der Waals surface area contributed by atoms with E-state index in [0.717, 1.165) is 17.8 Å². The minimum absolute atomic E-state index is 0.852. The summed E-state index contributed by atoms with van der Waals surface area (Å²) in [6.45, 7) is 15.2. The molecule has 15 heavy (non-hydrogen) atoms. The van der Waals surface area contributed by atoms with Crippen molar-refractivity contribution in [1.29, 1.82) is 0 Å². The van der Waals surface area contributed by atoms with Crippen LogP contribution in [-0.2, 0) is 0 Å². The molecule has 0 saturated carbocycles. The van der Waals surface area contributed by atoms with Crippen molar-refractivity contribution in [1.82, 2.24) is 0 Å². The Morgan fingerprint density at radius 1 is 1.07 bits per heavy atom. The van der Waals surface area contributed by atoms with Crippen molar-refractivity contribution in [3.63, 3.8) is 0 Å². The van der Waals surface area contributed by atoms with Gasteiger partial charge in [0, 0.05) is 0 Å². The van der Waals surface area contributed by atoms with Gasteiger partial charge in [0.1, 0.15) is 0 Å². The Hall–Kier alpha value is -0.260. The summed E-state index contributed by atoms with van der Waals surface area (Å²) in [5.41, 5.74) is 0. The van der Waals surface area contributed by atoms with E-state index in [1.54, 1.807) is 0 Å². The zero-order valence-electron chi connectivity index (χ0n) is 12.0. The van der Waals surface area contributed by atoms with Gasteiger partial charge in [0.05, 0.1) is 0 Å². The monoisotopic (exact) mass is 212 g/mol. The Balaban J connectivity index is 0. The third kappa shape index (κ3) is 11.7. The fourth-order valence-corrected chi connectivity index (χ4v) is 1.04. The Labute approximate surface area is 98.2 Å². The van der Waals surface area contributed by atoms with Crippen LogP contribution in [0.15, 0.2) is 12.2 Å². The smallest absolute Gasteiger partial charge is 0.0233 e. The molecule has 0 N–H and O–H groups in total. The summed E-state index contributed by atoms with van der Waals surface area (Å²) in [7, 11) is 0. The van der Waals surface area contributed by atoms with Gasteiger partial charge in [-0.05, 0) is 37.0 Å². The maximum Gasteiger partial charge on any atom is -0.0233 e. The zero-order valence-corrected chi connectivity index (χ0v) is 12.0. The summed E-state index contributed by atoms with van der Waals surface area (Å²) in [6.07, 6.45) is 8.67. The van der Waals surface area contributed by atoms with Crippen LogP contribution in [0.4, 0.5) is 0 Å². The summed E-state index contributed by atoms with van der Waals surface area (Å²) < 4.78 is 0. The van der Waals surface area contributed by atoms with E-state index in [9.17, 15) is 0 Å². The minimum atomic E-state index is 0.852. The second kappa shape index (κ2) is 11.8. The molecule has 0 aromatic rings. The van der Waals surface area contributed by atoms with Gasteiger partial charge >= 0.3 is 0 Å². The SMILES string of the molecule is CC.CC(C)C(C)C.CCC1C=CCC1. The van der Waals surface area contributed by atoms with E-state index in [0.29, 0.717) is 0 Å². The van der Waals surface area contributed by atoms with Crippen molar-refractivity contribution in [3.8, 4) is 0 Å². The predicted molar refractivity (Wildman–Crippen MR) is 73.2 cm³/mol. The summed E-state index contributed by atoms with van der Waals surface area (Å²) in [4.78, 5) is 0. The molecule has 0 saturated heterocycles. The Bertz CT molecular complexity index is 125. The van der Waals surface area contributed by atoms with Gasteiger partial charge in [-0.2, -0.15) is 0 Å². The highest BCUT2D eigenvalue weighted by Gasteiger charge is 2.03. The van der Waals surface area contributed by atoms with E-state index in [1.165, 1.54) is 19.3 Å². The van der Waals surface area contributed by atoms with Crippen molar-refractivity contribution in [2.45, 2.75) is 67.7 Å². The fraction of sp³-hybridized carbons (Fsp3) is 0.867. The molecule has 1 rings (SSSR count). The second-order valence-corrected chi connectivity index (χ2v) is 4.66. The zero-order chi connectivity index (χ0) is 12.3. The highest BCUT2D eigenvalue weighted by atomic mass is 14.1. The van der Waals surface area contributed by atoms with Crippen molar-refractivity contribution in [3.05, 3.63) is 12.2 Å². The van der Waals surface area contributed by atoms with Crippen LogP contribution in [0.5, 0.6) is 0 Å². The lowest BCUT2D eigenvalue weighted by atomic mass is 10.0. The summed E-state index contributed by atoms with van der Waals surface area (Å²) in [5.74, 6) is 2.62. The van der Waals surface area contributed by atoms with Crippen LogP contribution < -0.4 is 0 Å². The van der Waals surface area contributed by atoms with E-state index in [1.807, 2.05) is 13.8 Å². The molecule has 0 aromatic carbocycles. The average molecular weight is 212 g/mol. The fourth-order valence-electron chi connectivity index (χ4n) is 1.04. The van der Waals surface area contributed by atoms with Gasteiger partial charge in [0.25, 0.3) is 0 Å². The van der Waals surface area contributed by atoms with Crippen molar-refractivity contribution < 1.29 is 0 Å². The van der Waals surface area contributed by atoms with Crippen molar-refractivity contribution >= 4 is 0 Å². The third-order valence-electron chi connectivity index (χ3n) is 2.97. The third-order valence-corrected chi connectivity index (χ3v) is 2.97. The Morgan fingerprint density at radius 2 is 1.53 bits per heavy atom. The molecule has 0 bridgehead atoms. The molecule has 0 heteroatoms.